The zero-order valence-corrected chi connectivity index (χ0v) is 18.2. The van der Waals surface area contributed by atoms with Gasteiger partial charge in [-0.2, -0.15) is 0 Å². The minimum absolute atomic E-state index is 0.115. The maximum absolute atomic E-state index is 11.9. The molecule has 2 amide bonds. The molecule has 0 spiro atoms. The van der Waals surface area contributed by atoms with Crippen LogP contribution >= 0.6 is 39.9 Å². The van der Waals surface area contributed by atoms with Crippen LogP contribution in [0.2, 0.25) is 0 Å². The standard InChI is InChI=1S/C18H19BrN4O3S2/c1-26-15-8-6-13(7-9-15)20-16(24)10-28-11-17(25)22-23-18(27)21-14-4-2-12(19)3-5-14/h2-9H,10-11H2,1H3,(H,20,24)(H,22,25)(H2,21,23,27). The van der Waals surface area contributed by atoms with Gasteiger partial charge in [0.15, 0.2) is 5.11 Å². The molecule has 28 heavy (non-hydrogen) atoms. The molecule has 0 bridgehead atoms. The third kappa shape index (κ3) is 8.15. The van der Waals surface area contributed by atoms with Gasteiger partial charge in [0.05, 0.1) is 18.6 Å². The normalized spacial score (nSPS) is 9.93. The van der Waals surface area contributed by atoms with Gasteiger partial charge in [-0.1, -0.05) is 15.9 Å². The number of halogens is 1. The minimum atomic E-state index is -0.290. The number of methoxy groups -OCH3 is 1. The van der Waals surface area contributed by atoms with E-state index in [4.69, 9.17) is 17.0 Å². The molecule has 2 rings (SSSR count). The number of hydrogen-bond acceptors (Lipinski definition) is 5. The molecule has 2 aromatic carbocycles. The summed E-state index contributed by atoms with van der Waals surface area (Å²) in [6.45, 7) is 0. The van der Waals surface area contributed by atoms with Crippen LogP contribution in [0.4, 0.5) is 11.4 Å². The number of rotatable bonds is 7. The maximum Gasteiger partial charge on any atom is 0.248 e. The van der Waals surface area contributed by atoms with Gasteiger partial charge in [0.2, 0.25) is 11.8 Å². The SMILES string of the molecule is COc1ccc(NC(=O)CSCC(=O)NNC(=S)Nc2ccc(Br)cc2)cc1. The highest BCUT2D eigenvalue weighted by Gasteiger charge is 2.07. The number of hydrazine groups is 1. The van der Waals surface area contributed by atoms with Gasteiger partial charge in [-0.05, 0) is 60.7 Å². The van der Waals surface area contributed by atoms with E-state index in [-0.39, 0.29) is 28.4 Å². The molecule has 2 aromatic rings. The van der Waals surface area contributed by atoms with E-state index in [9.17, 15) is 9.59 Å². The Labute approximate surface area is 181 Å². The highest BCUT2D eigenvalue weighted by atomic mass is 79.9. The number of ether oxygens (including phenoxy) is 1. The maximum atomic E-state index is 11.9. The number of thiocarbonyl (C=S) groups is 1. The lowest BCUT2D eigenvalue weighted by molar-refractivity contribution is -0.119. The largest absolute Gasteiger partial charge is 0.497 e. The van der Waals surface area contributed by atoms with Gasteiger partial charge in [0.25, 0.3) is 0 Å². The van der Waals surface area contributed by atoms with Crippen LogP contribution in [0.25, 0.3) is 0 Å². The first-order valence-corrected chi connectivity index (χ1v) is 10.4. The molecule has 0 atom stereocenters. The number of hydrogen-bond donors (Lipinski definition) is 4. The van der Waals surface area contributed by atoms with Gasteiger partial charge in [-0.15, -0.1) is 11.8 Å². The Hall–Kier alpha value is -2.30. The fourth-order valence-corrected chi connectivity index (χ4v) is 3.02. The summed E-state index contributed by atoms with van der Waals surface area (Å²) in [7, 11) is 1.58. The predicted molar refractivity (Wildman–Crippen MR) is 121 cm³/mol. The van der Waals surface area contributed by atoms with Crippen molar-refractivity contribution in [1.29, 1.82) is 0 Å². The van der Waals surface area contributed by atoms with Crippen LogP contribution in [0, 0.1) is 0 Å². The molecule has 7 nitrogen and oxygen atoms in total. The van der Waals surface area contributed by atoms with Crippen molar-refractivity contribution < 1.29 is 14.3 Å². The average Bonchev–Trinajstić information content (AvgIpc) is 2.69. The van der Waals surface area contributed by atoms with Crippen molar-refractivity contribution in [1.82, 2.24) is 10.9 Å². The molecular weight excluding hydrogens is 464 g/mol. The van der Waals surface area contributed by atoms with E-state index in [0.29, 0.717) is 11.4 Å². The van der Waals surface area contributed by atoms with Crippen molar-refractivity contribution in [3.8, 4) is 5.75 Å². The summed E-state index contributed by atoms with van der Waals surface area (Å²) in [5.41, 5.74) is 6.56. The first kappa shape index (κ1) is 22.0. The Morgan fingerprint density at radius 2 is 1.50 bits per heavy atom. The van der Waals surface area contributed by atoms with Gasteiger partial charge in [-0.3, -0.25) is 20.4 Å². The smallest absolute Gasteiger partial charge is 0.248 e. The minimum Gasteiger partial charge on any atom is -0.497 e. The van der Waals surface area contributed by atoms with Crippen LogP contribution in [-0.4, -0.2) is 35.5 Å². The van der Waals surface area contributed by atoms with Gasteiger partial charge in [0, 0.05) is 15.8 Å². The van der Waals surface area contributed by atoms with E-state index in [1.807, 2.05) is 24.3 Å². The van der Waals surface area contributed by atoms with E-state index in [0.717, 1.165) is 10.2 Å². The zero-order valence-electron chi connectivity index (χ0n) is 15.0. The molecule has 0 heterocycles. The molecule has 0 aromatic heterocycles. The van der Waals surface area contributed by atoms with Crippen molar-refractivity contribution in [2.45, 2.75) is 0 Å². The lowest BCUT2D eigenvalue weighted by Crippen LogP contribution is -2.44. The fraction of sp³-hybridized carbons (Fsp3) is 0.167. The number of thioether (sulfide) groups is 1. The fourth-order valence-electron chi connectivity index (χ4n) is 1.97. The summed E-state index contributed by atoms with van der Waals surface area (Å²) in [5.74, 6) is 0.500. The summed E-state index contributed by atoms with van der Waals surface area (Å²) in [5, 5.41) is 5.95. The van der Waals surface area contributed by atoms with Crippen LogP contribution in [-0.2, 0) is 9.59 Å². The highest BCUT2D eigenvalue weighted by molar-refractivity contribution is 9.10. The van der Waals surface area contributed by atoms with Crippen LogP contribution in [0.1, 0.15) is 0 Å². The van der Waals surface area contributed by atoms with E-state index < -0.39 is 0 Å². The Bertz CT molecular complexity index is 817. The van der Waals surface area contributed by atoms with Crippen molar-refractivity contribution in [2.24, 2.45) is 0 Å². The lowest BCUT2D eigenvalue weighted by Gasteiger charge is -2.11. The molecule has 148 valence electrons. The van der Waals surface area contributed by atoms with Crippen LogP contribution in [0.3, 0.4) is 0 Å². The Morgan fingerprint density at radius 3 is 2.14 bits per heavy atom. The van der Waals surface area contributed by atoms with E-state index >= 15 is 0 Å². The molecule has 0 saturated carbocycles. The summed E-state index contributed by atoms with van der Waals surface area (Å²) in [6.07, 6.45) is 0. The second-order valence-corrected chi connectivity index (χ2v) is 7.71. The van der Waals surface area contributed by atoms with Gasteiger partial charge < -0.3 is 15.4 Å². The number of benzene rings is 2. The molecule has 10 heteroatoms. The molecule has 0 aliphatic carbocycles. The molecule has 0 aliphatic rings. The molecule has 0 fully saturated rings. The van der Waals surface area contributed by atoms with E-state index in [1.54, 1.807) is 31.4 Å². The molecule has 4 N–H and O–H groups in total. The Morgan fingerprint density at radius 1 is 0.929 bits per heavy atom. The summed E-state index contributed by atoms with van der Waals surface area (Å²) < 4.78 is 6.02. The van der Waals surface area contributed by atoms with Gasteiger partial charge in [-0.25, -0.2) is 0 Å². The monoisotopic (exact) mass is 482 g/mol. The third-order valence-corrected chi connectivity index (χ3v) is 4.92. The molecule has 0 saturated heterocycles. The summed E-state index contributed by atoms with van der Waals surface area (Å²) in [4.78, 5) is 23.7. The van der Waals surface area contributed by atoms with E-state index in [1.165, 1.54) is 11.8 Å². The van der Waals surface area contributed by atoms with Crippen LogP contribution in [0.15, 0.2) is 53.0 Å². The number of anilines is 2. The molecule has 0 radical (unpaired) electrons. The Balaban J connectivity index is 1.61. The van der Waals surface area contributed by atoms with Crippen LogP contribution in [0.5, 0.6) is 5.75 Å². The van der Waals surface area contributed by atoms with Crippen molar-refractivity contribution >= 4 is 68.2 Å². The average molecular weight is 483 g/mol. The zero-order chi connectivity index (χ0) is 20.4. The van der Waals surface area contributed by atoms with Crippen molar-refractivity contribution in [3.63, 3.8) is 0 Å². The highest BCUT2D eigenvalue weighted by Crippen LogP contribution is 2.15. The number of carbonyl (C=O) groups is 2. The first-order valence-electron chi connectivity index (χ1n) is 8.09. The summed E-state index contributed by atoms with van der Waals surface area (Å²) >= 11 is 9.65. The van der Waals surface area contributed by atoms with Crippen LogP contribution < -0.4 is 26.2 Å². The van der Waals surface area contributed by atoms with E-state index in [2.05, 4.69) is 37.4 Å². The van der Waals surface area contributed by atoms with Gasteiger partial charge >= 0.3 is 0 Å². The quantitative estimate of drug-likeness (QED) is 0.355. The molecular formula is C18H19BrN4O3S2. The predicted octanol–water partition coefficient (Wildman–Crippen LogP) is 3.15. The molecule has 0 unspecified atom stereocenters. The number of amides is 2. The Kier molecular flexibility index (Phi) is 9.05. The van der Waals surface area contributed by atoms with Crippen molar-refractivity contribution in [2.75, 3.05) is 29.2 Å². The lowest BCUT2D eigenvalue weighted by atomic mass is 10.3. The van der Waals surface area contributed by atoms with Crippen molar-refractivity contribution in [3.05, 3.63) is 53.0 Å². The second kappa shape index (κ2) is 11.5. The topological polar surface area (TPSA) is 91.5 Å². The second-order valence-electron chi connectivity index (χ2n) is 5.40. The molecule has 0 aliphatic heterocycles. The van der Waals surface area contributed by atoms with Gasteiger partial charge in [0.1, 0.15) is 5.75 Å². The summed E-state index contributed by atoms with van der Waals surface area (Å²) in [6, 6.07) is 14.4. The number of carbonyl (C=O) groups excluding carboxylic acids is 2. The third-order valence-electron chi connectivity index (χ3n) is 3.26. The number of nitrogens with one attached hydrogen (secondary N) is 4. The first-order chi connectivity index (χ1) is 13.5.